The van der Waals surface area contributed by atoms with Crippen LogP contribution in [0.4, 0.5) is 4.39 Å². The van der Waals surface area contributed by atoms with Gasteiger partial charge < -0.3 is 5.73 Å². The van der Waals surface area contributed by atoms with Crippen molar-refractivity contribution in [2.24, 2.45) is 5.73 Å². The second kappa shape index (κ2) is 5.13. The molecule has 0 saturated carbocycles. The molecule has 1 heterocycles. The molecule has 1 aromatic rings. The van der Waals surface area contributed by atoms with Gasteiger partial charge in [0.2, 0.25) is 10.0 Å². The zero-order chi connectivity index (χ0) is 13.3. The zero-order valence-corrected chi connectivity index (χ0v) is 11.2. The van der Waals surface area contributed by atoms with Gasteiger partial charge in [0, 0.05) is 19.1 Å². The molecule has 1 aromatic carbocycles. The molecule has 1 aliphatic heterocycles. The Morgan fingerprint density at radius 2 is 2.17 bits per heavy atom. The summed E-state index contributed by atoms with van der Waals surface area (Å²) in [5, 5.41) is -0.197. The normalized spacial score (nSPS) is 22.1. The Labute approximate surface area is 111 Å². The van der Waals surface area contributed by atoms with E-state index in [9.17, 15) is 12.8 Å². The van der Waals surface area contributed by atoms with Crippen LogP contribution in [0, 0.1) is 5.82 Å². The first kappa shape index (κ1) is 13.7. The Kier molecular flexibility index (Phi) is 3.91. The molecule has 1 atom stereocenters. The summed E-state index contributed by atoms with van der Waals surface area (Å²) in [5.74, 6) is -0.633. The Bertz CT molecular complexity index is 550. The fraction of sp³-hybridized carbons (Fsp3) is 0.455. The molecule has 0 radical (unpaired) electrons. The van der Waals surface area contributed by atoms with E-state index >= 15 is 0 Å². The maximum atomic E-state index is 13.0. The molecule has 1 unspecified atom stereocenters. The van der Waals surface area contributed by atoms with Crippen molar-refractivity contribution in [2.75, 3.05) is 13.1 Å². The standard InChI is InChI=1S/C11H14ClFN2O2S/c12-10-6-9(3-4-11(10)13)18(16,17)15-5-1-2-8(14)7-15/h3-4,6,8H,1-2,5,7,14H2. The van der Waals surface area contributed by atoms with Crippen molar-refractivity contribution < 1.29 is 12.8 Å². The number of hydrogen-bond acceptors (Lipinski definition) is 3. The molecular weight excluding hydrogens is 279 g/mol. The molecule has 7 heteroatoms. The van der Waals surface area contributed by atoms with Crippen molar-refractivity contribution >= 4 is 21.6 Å². The number of nitrogens with two attached hydrogens (primary N) is 1. The van der Waals surface area contributed by atoms with Crippen LogP contribution in [-0.4, -0.2) is 31.9 Å². The van der Waals surface area contributed by atoms with Gasteiger partial charge in [0.25, 0.3) is 0 Å². The van der Waals surface area contributed by atoms with E-state index in [-0.39, 0.29) is 22.5 Å². The lowest BCUT2D eigenvalue weighted by Gasteiger charge is -2.29. The number of benzene rings is 1. The van der Waals surface area contributed by atoms with Gasteiger partial charge in [-0.1, -0.05) is 11.6 Å². The summed E-state index contributed by atoms with van der Waals surface area (Å²) < 4.78 is 38.9. The Morgan fingerprint density at radius 3 is 2.78 bits per heavy atom. The second-order valence-electron chi connectivity index (χ2n) is 4.34. The van der Waals surface area contributed by atoms with Crippen LogP contribution in [0.15, 0.2) is 23.1 Å². The van der Waals surface area contributed by atoms with Crippen LogP contribution in [0.25, 0.3) is 0 Å². The quantitative estimate of drug-likeness (QED) is 0.900. The SMILES string of the molecule is NC1CCCN(S(=O)(=O)c2ccc(F)c(Cl)c2)C1. The Hall–Kier alpha value is -0.690. The molecule has 1 saturated heterocycles. The van der Waals surface area contributed by atoms with Crippen LogP contribution in [-0.2, 0) is 10.0 Å². The highest BCUT2D eigenvalue weighted by molar-refractivity contribution is 7.89. The molecule has 4 nitrogen and oxygen atoms in total. The highest BCUT2D eigenvalue weighted by Gasteiger charge is 2.29. The molecule has 0 aromatic heterocycles. The van der Waals surface area contributed by atoms with Crippen LogP contribution in [0.3, 0.4) is 0 Å². The number of hydrogen-bond donors (Lipinski definition) is 1. The largest absolute Gasteiger partial charge is 0.327 e. The van der Waals surface area contributed by atoms with Crippen molar-refractivity contribution in [3.8, 4) is 0 Å². The second-order valence-corrected chi connectivity index (χ2v) is 6.69. The minimum absolute atomic E-state index is 0.00278. The third-order valence-corrected chi connectivity index (χ3v) is 5.10. The number of rotatable bonds is 2. The third-order valence-electron chi connectivity index (χ3n) is 2.95. The molecule has 2 N–H and O–H groups in total. The van der Waals surface area contributed by atoms with Gasteiger partial charge in [0.1, 0.15) is 5.82 Å². The minimum Gasteiger partial charge on any atom is -0.327 e. The van der Waals surface area contributed by atoms with Crippen molar-refractivity contribution in [1.82, 2.24) is 4.31 Å². The van der Waals surface area contributed by atoms with E-state index < -0.39 is 15.8 Å². The third kappa shape index (κ3) is 2.66. The number of nitrogens with zero attached hydrogens (tertiary/aromatic N) is 1. The Morgan fingerprint density at radius 1 is 1.44 bits per heavy atom. The molecule has 2 rings (SSSR count). The van der Waals surface area contributed by atoms with Crippen LogP contribution in [0.5, 0.6) is 0 Å². The smallest absolute Gasteiger partial charge is 0.243 e. The van der Waals surface area contributed by atoms with Gasteiger partial charge in [-0.15, -0.1) is 0 Å². The van der Waals surface area contributed by atoms with Gasteiger partial charge in [-0.05, 0) is 31.0 Å². The van der Waals surface area contributed by atoms with E-state index in [1.54, 1.807) is 0 Å². The maximum Gasteiger partial charge on any atom is 0.243 e. The van der Waals surface area contributed by atoms with Crippen LogP contribution < -0.4 is 5.73 Å². The lowest BCUT2D eigenvalue weighted by atomic mass is 10.1. The molecule has 0 spiro atoms. The lowest BCUT2D eigenvalue weighted by molar-refractivity contribution is 0.316. The maximum absolute atomic E-state index is 13.0. The van der Waals surface area contributed by atoms with E-state index in [0.717, 1.165) is 25.0 Å². The van der Waals surface area contributed by atoms with Gasteiger partial charge in [-0.3, -0.25) is 0 Å². The predicted molar refractivity (Wildman–Crippen MR) is 67.4 cm³/mol. The van der Waals surface area contributed by atoms with Crippen LogP contribution in [0.1, 0.15) is 12.8 Å². The summed E-state index contributed by atoms with van der Waals surface area (Å²) in [6, 6.07) is 3.26. The Balaban J connectivity index is 2.32. The van der Waals surface area contributed by atoms with E-state index in [1.165, 1.54) is 10.4 Å². The first-order valence-corrected chi connectivity index (χ1v) is 7.44. The number of halogens is 2. The predicted octanol–water partition coefficient (Wildman–Crippen LogP) is 1.59. The van der Waals surface area contributed by atoms with E-state index in [2.05, 4.69) is 0 Å². The van der Waals surface area contributed by atoms with Crippen molar-refractivity contribution in [3.05, 3.63) is 29.0 Å². The summed E-state index contributed by atoms with van der Waals surface area (Å²) >= 11 is 5.60. The first-order chi connectivity index (χ1) is 8.41. The molecule has 0 amide bonds. The average Bonchev–Trinajstić information content (AvgIpc) is 2.32. The summed E-state index contributed by atoms with van der Waals surface area (Å²) in [7, 11) is -3.63. The fourth-order valence-electron chi connectivity index (χ4n) is 1.98. The fourth-order valence-corrected chi connectivity index (χ4v) is 3.79. The molecule has 1 fully saturated rings. The summed E-state index contributed by atoms with van der Waals surface area (Å²) in [6.07, 6.45) is 1.55. The van der Waals surface area contributed by atoms with Gasteiger partial charge in [-0.2, -0.15) is 4.31 Å². The number of sulfonamides is 1. The first-order valence-electron chi connectivity index (χ1n) is 5.62. The highest BCUT2D eigenvalue weighted by atomic mass is 35.5. The van der Waals surface area contributed by atoms with Crippen molar-refractivity contribution in [1.29, 1.82) is 0 Å². The van der Waals surface area contributed by atoms with Gasteiger partial charge in [0.15, 0.2) is 0 Å². The van der Waals surface area contributed by atoms with Gasteiger partial charge >= 0.3 is 0 Å². The number of piperidine rings is 1. The monoisotopic (exact) mass is 292 g/mol. The molecule has 18 heavy (non-hydrogen) atoms. The van der Waals surface area contributed by atoms with E-state index in [0.29, 0.717) is 6.54 Å². The van der Waals surface area contributed by atoms with E-state index in [4.69, 9.17) is 17.3 Å². The van der Waals surface area contributed by atoms with Crippen LogP contribution >= 0.6 is 11.6 Å². The molecule has 0 bridgehead atoms. The van der Waals surface area contributed by atoms with Crippen LogP contribution in [0.2, 0.25) is 5.02 Å². The van der Waals surface area contributed by atoms with Gasteiger partial charge in [-0.25, -0.2) is 12.8 Å². The molecule has 1 aliphatic rings. The molecule has 100 valence electrons. The lowest BCUT2D eigenvalue weighted by Crippen LogP contribution is -2.45. The average molecular weight is 293 g/mol. The van der Waals surface area contributed by atoms with E-state index in [1.807, 2.05) is 0 Å². The summed E-state index contributed by atoms with van der Waals surface area (Å²) in [5.41, 5.74) is 5.76. The summed E-state index contributed by atoms with van der Waals surface area (Å²) in [6.45, 7) is 0.725. The highest BCUT2D eigenvalue weighted by Crippen LogP contribution is 2.24. The molecular formula is C11H14ClFN2O2S. The topological polar surface area (TPSA) is 63.4 Å². The van der Waals surface area contributed by atoms with Crippen molar-refractivity contribution in [3.63, 3.8) is 0 Å². The summed E-state index contributed by atoms with van der Waals surface area (Å²) in [4.78, 5) is 0.00278. The van der Waals surface area contributed by atoms with Gasteiger partial charge in [0.05, 0.1) is 9.92 Å². The minimum atomic E-state index is -3.63. The zero-order valence-electron chi connectivity index (χ0n) is 9.64. The van der Waals surface area contributed by atoms with Crippen molar-refractivity contribution in [2.45, 2.75) is 23.8 Å². The molecule has 0 aliphatic carbocycles.